The third-order valence-electron chi connectivity index (χ3n) is 3.84. The summed E-state index contributed by atoms with van der Waals surface area (Å²) >= 11 is 0. The fourth-order valence-corrected chi connectivity index (χ4v) is 2.50. The van der Waals surface area contributed by atoms with Gasteiger partial charge >= 0.3 is 11.7 Å². The van der Waals surface area contributed by atoms with Crippen molar-refractivity contribution < 1.29 is 19.4 Å². The minimum atomic E-state index is -1.14. The summed E-state index contributed by atoms with van der Waals surface area (Å²) < 4.78 is 11.6. The lowest BCUT2D eigenvalue weighted by molar-refractivity contribution is -0.156. The van der Waals surface area contributed by atoms with E-state index in [2.05, 4.69) is 4.98 Å². The Morgan fingerprint density at radius 2 is 2.29 bits per heavy atom. The number of aromatic nitrogens is 2. The Morgan fingerprint density at radius 1 is 1.62 bits per heavy atom. The molecule has 0 amide bonds. The van der Waals surface area contributed by atoms with Gasteiger partial charge in [-0.25, -0.2) is 4.79 Å². The van der Waals surface area contributed by atoms with Crippen LogP contribution in [0.15, 0.2) is 15.8 Å². The van der Waals surface area contributed by atoms with Crippen LogP contribution < -0.4 is 11.2 Å². The Hall–Kier alpha value is -1.93. The predicted molar refractivity (Wildman–Crippen MR) is 71.8 cm³/mol. The number of rotatable bonds is 3. The molecule has 1 saturated heterocycles. The summed E-state index contributed by atoms with van der Waals surface area (Å²) in [5.41, 5.74) is -1.88. The Labute approximate surface area is 120 Å². The molecule has 3 atom stereocenters. The number of aliphatic hydroxyl groups is 1. The standard InChI is InChI=1S/C13H18N2O6/c1-7-5-15(12(19)14-10(7)17)9-4-8(11(18)20-3)13(2,6-16)21-9/h5,8-9,16H,4,6H2,1-3H3,(H,14,17,19). The molecule has 1 fully saturated rings. The zero-order chi connectivity index (χ0) is 15.8. The van der Waals surface area contributed by atoms with Crippen molar-refractivity contribution in [2.24, 2.45) is 5.92 Å². The van der Waals surface area contributed by atoms with Crippen molar-refractivity contribution in [1.82, 2.24) is 9.55 Å². The van der Waals surface area contributed by atoms with Gasteiger partial charge in [0.25, 0.3) is 5.56 Å². The van der Waals surface area contributed by atoms with Crippen molar-refractivity contribution in [3.8, 4) is 0 Å². The molecule has 1 aromatic heterocycles. The summed E-state index contributed by atoms with van der Waals surface area (Å²) in [6, 6.07) is 0. The lowest BCUT2D eigenvalue weighted by atomic mass is 9.89. The molecular formula is C13H18N2O6. The van der Waals surface area contributed by atoms with E-state index in [1.54, 1.807) is 13.8 Å². The van der Waals surface area contributed by atoms with Crippen molar-refractivity contribution in [1.29, 1.82) is 0 Å². The Bertz CT molecular complexity index is 663. The Balaban J connectivity index is 2.40. The number of nitrogens with zero attached hydrogens (tertiary/aromatic N) is 1. The van der Waals surface area contributed by atoms with E-state index in [9.17, 15) is 19.5 Å². The average Bonchev–Trinajstić information content (AvgIpc) is 2.80. The molecule has 3 unspecified atom stereocenters. The largest absolute Gasteiger partial charge is 0.469 e. The average molecular weight is 298 g/mol. The molecule has 0 saturated carbocycles. The van der Waals surface area contributed by atoms with Gasteiger partial charge in [0, 0.05) is 18.2 Å². The van der Waals surface area contributed by atoms with Gasteiger partial charge in [0.1, 0.15) is 11.8 Å². The monoisotopic (exact) mass is 298 g/mol. The van der Waals surface area contributed by atoms with E-state index in [0.29, 0.717) is 5.56 Å². The number of esters is 1. The third kappa shape index (κ3) is 2.64. The second-order valence-corrected chi connectivity index (χ2v) is 5.33. The minimum Gasteiger partial charge on any atom is -0.469 e. The van der Waals surface area contributed by atoms with E-state index >= 15 is 0 Å². The van der Waals surface area contributed by atoms with Gasteiger partial charge in [0.05, 0.1) is 19.6 Å². The third-order valence-corrected chi connectivity index (χ3v) is 3.84. The molecule has 2 N–H and O–H groups in total. The number of carbonyl (C=O) groups is 1. The van der Waals surface area contributed by atoms with E-state index < -0.39 is 35.0 Å². The number of nitrogens with one attached hydrogen (secondary N) is 1. The van der Waals surface area contributed by atoms with Gasteiger partial charge in [-0.1, -0.05) is 0 Å². The number of methoxy groups -OCH3 is 1. The normalized spacial score (nSPS) is 28.6. The van der Waals surface area contributed by atoms with E-state index in [0.717, 1.165) is 0 Å². The smallest absolute Gasteiger partial charge is 0.330 e. The first-order valence-corrected chi connectivity index (χ1v) is 6.51. The zero-order valence-electron chi connectivity index (χ0n) is 12.1. The number of aryl methyl sites for hydroxylation is 1. The second kappa shape index (κ2) is 5.45. The molecule has 0 aliphatic carbocycles. The Morgan fingerprint density at radius 3 is 2.86 bits per heavy atom. The number of hydrogen-bond donors (Lipinski definition) is 2. The molecule has 0 bridgehead atoms. The van der Waals surface area contributed by atoms with E-state index in [-0.39, 0.29) is 13.0 Å². The quantitative estimate of drug-likeness (QED) is 0.714. The van der Waals surface area contributed by atoms with Crippen LogP contribution in [0.4, 0.5) is 0 Å². The SMILES string of the molecule is COC(=O)C1CC(n2cc(C)c(=O)[nH]c2=O)OC1(C)CO. The highest BCUT2D eigenvalue weighted by atomic mass is 16.6. The second-order valence-electron chi connectivity index (χ2n) is 5.33. The van der Waals surface area contributed by atoms with Crippen LogP contribution in [0.25, 0.3) is 0 Å². The summed E-state index contributed by atoms with van der Waals surface area (Å²) in [4.78, 5) is 37.3. The van der Waals surface area contributed by atoms with Crippen LogP contribution in [0.2, 0.25) is 0 Å². The molecule has 0 spiro atoms. The van der Waals surface area contributed by atoms with Gasteiger partial charge in [-0.3, -0.25) is 19.1 Å². The highest BCUT2D eigenvalue weighted by Crippen LogP contribution is 2.41. The van der Waals surface area contributed by atoms with Crippen molar-refractivity contribution in [3.05, 3.63) is 32.6 Å². The van der Waals surface area contributed by atoms with Crippen molar-refractivity contribution in [2.45, 2.75) is 32.1 Å². The first-order chi connectivity index (χ1) is 9.82. The summed E-state index contributed by atoms with van der Waals surface area (Å²) in [6.07, 6.45) is 0.799. The minimum absolute atomic E-state index is 0.176. The summed E-state index contributed by atoms with van der Waals surface area (Å²) in [7, 11) is 1.25. The molecule has 0 radical (unpaired) electrons. The number of ether oxygens (including phenoxy) is 2. The fraction of sp³-hybridized carbons (Fsp3) is 0.615. The van der Waals surface area contributed by atoms with Gasteiger partial charge in [-0.15, -0.1) is 0 Å². The highest BCUT2D eigenvalue weighted by molar-refractivity contribution is 5.74. The van der Waals surface area contributed by atoms with Crippen LogP contribution in [0, 0.1) is 12.8 Å². The lowest BCUT2D eigenvalue weighted by Crippen LogP contribution is -2.41. The number of hydrogen-bond acceptors (Lipinski definition) is 6. The Kier molecular flexibility index (Phi) is 4.02. The molecular weight excluding hydrogens is 280 g/mol. The van der Waals surface area contributed by atoms with E-state index in [1.807, 2.05) is 0 Å². The molecule has 116 valence electrons. The van der Waals surface area contributed by atoms with Gasteiger partial charge in [-0.05, 0) is 13.8 Å². The molecule has 8 heteroatoms. The molecule has 0 aromatic carbocycles. The molecule has 1 aliphatic rings. The van der Waals surface area contributed by atoms with Crippen LogP contribution >= 0.6 is 0 Å². The molecule has 1 aromatic rings. The van der Waals surface area contributed by atoms with Crippen LogP contribution in [0.1, 0.15) is 25.1 Å². The molecule has 2 rings (SSSR count). The van der Waals surface area contributed by atoms with E-state index in [1.165, 1.54) is 17.9 Å². The maximum absolute atomic E-state index is 11.9. The zero-order valence-corrected chi connectivity index (χ0v) is 12.1. The van der Waals surface area contributed by atoms with Crippen LogP contribution in [0.5, 0.6) is 0 Å². The fourth-order valence-electron chi connectivity index (χ4n) is 2.50. The molecule has 21 heavy (non-hydrogen) atoms. The first kappa shape index (κ1) is 15.5. The van der Waals surface area contributed by atoms with Crippen molar-refractivity contribution in [2.75, 3.05) is 13.7 Å². The van der Waals surface area contributed by atoms with Gasteiger partial charge < -0.3 is 14.6 Å². The molecule has 8 nitrogen and oxygen atoms in total. The van der Waals surface area contributed by atoms with Crippen molar-refractivity contribution >= 4 is 5.97 Å². The van der Waals surface area contributed by atoms with E-state index in [4.69, 9.17) is 9.47 Å². The number of carbonyl (C=O) groups excluding carboxylic acids is 1. The summed E-state index contributed by atoms with van der Waals surface area (Å²) in [6.45, 7) is 2.76. The topological polar surface area (TPSA) is 111 Å². The predicted octanol–water partition coefficient (Wildman–Crippen LogP) is -0.696. The van der Waals surface area contributed by atoms with Gasteiger partial charge in [0.15, 0.2) is 0 Å². The number of aliphatic hydroxyl groups excluding tert-OH is 1. The number of aromatic amines is 1. The molecule has 2 heterocycles. The van der Waals surface area contributed by atoms with Gasteiger partial charge in [0.2, 0.25) is 0 Å². The number of H-pyrrole nitrogens is 1. The highest BCUT2D eigenvalue weighted by Gasteiger charge is 2.50. The maximum atomic E-state index is 11.9. The van der Waals surface area contributed by atoms with Crippen LogP contribution in [-0.4, -0.2) is 39.9 Å². The lowest BCUT2D eigenvalue weighted by Gasteiger charge is -2.26. The molecule has 1 aliphatic heterocycles. The van der Waals surface area contributed by atoms with Crippen LogP contribution in [-0.2, 0) is 14.3 Å². The maximum Gasteiger partial charge on any atom is 0.330 e. The first-order valence-electron chi connectivity index (χ1n) is 6.51. The summed E-state index contributed by atoms with van der Waals surface area (Å²) in [5, 5.41) is 9.49. The van der Waals surface area contributed by atoms with Crippen LogP contribution in [0.3, 0.4) is 0 Å². The van der Waals surface area contributed by atoms with Gasteiger partial charge in [-0.2, -0.15) is 0 Å². The van der Waals surface area contributed by atoms with Crippen molar-refractivity contribution in [3.63, 3.8) is 0 Å². The summed E-state index contributed by atoms with van der Waals surface area (Å²) in [5.74, 6) is -1.21.